The smallest absolute Gasteiger partial charge is 0.303 e. The third-order valence-corrected chi connectivity index (χ3v) is 14.3. The molecular weight excluding hydrogens is 582 g/mol. The first-order valence-electron chi connectivity index (χ1n) is 17.8. The summed E-state index contributed by atoms with van der Waals surface area (Å²) in [6.07, 6.45) is 9.33. The number of carbonyl (C=O) groups is 4. The molecule has 0 unspecified atom stereocenters. The average molecular weight is 642 g/mol. The molecule has 1 amide bonds. The molecule has 0 aromatic heterocycles. The maximum atomic E-state index is 13.9. The topological polar surface area (TPSA) is 108 Å². The number of hydrogen-bond donors (Lipinski definition) is 1. The van der Waals surface area contributed by atoms with E-state index in [9.17, 15) is 19.2 Å². The largest absolute Gasteiger partial charge is 0.465 e. The van der Waals surface area contributed by atoms with Gasteiger partial charge < -0.3 is 19.5 Å². The van der Waals surface area contributed by atoms with Crippen LogP contribution in [-0.4, -0.2) is 49.2 Å². The zero-order chi connectivity index (χ0) is 34.1. The fraction of sp³-hybridized carbons (Fsp3) is 0.842. The lowest BCUT2D eigenvalue weighted by atomic mass is 9.33. The van der Waals surface area contributed by atoms with Crippen LogP contribution in [0.3, 0.4) is 0 Å². The molecule has 258 valence electrons. The van der Waals surface area contributed by atoms with E-state index < -0.39 is 29.6 Å². The van der Waals surface area contributed by atoms with Gasteiger partial charge in [0.2, 0.25) is 5.91 Å². The van der Waals surface area contributed by atoms with Gasteiger partial charge in [-0.15, -0.1) is 0 Å². The molecule has 5 aliphatic rings. The molecule has 0 radical (unpaired) electrons. The van der Waals surface area contributed by atoms with Gasteiger partial charge in [0.05, 0.1) is 5.41 Å². The molecule has 5 aliphatic carbocycles. The Kier molecular flexibility index (Phi) is 8.85. The molecule has 4 fully saturated rings. The molecule has 10 atom stereocenters. The van der Waals surface area contributed by atoms with Crippen LogP contribution in [0.1, 0.15) is 127 Å². The number of nitrogens with one attached hydrogen (secondary N) is 1. The second-order valence-corrected chi connectivity index (χ2v) is 17.4. The van der Waals surface area contributed by atoms with E-state index in [0.29, 0.717) is 13.0 Å². The van der Waals surface area contributed by atoms with Gasteiger partial charge in [-0.25, -0.2) is 0 Å². The number of esters is 3. The highest BCUT2D eigenvalue weighted by atomic mass is 16.6. The first kappa shape index (κ1) is 34.9. The quantitative estimate of drug-likeness (QED) is 0.190. The van der Waals surface area contributed by atoms with Crippen LogP contribution in [0.25, 0.3) is 0 Å². The standard InChI is InChI=1S/C38H59NO7/c1-11-39-32(43)38-18-16-33(5,6)20-27(38)26-12-13-30-34(7)21-28(45-24(3)41)31(46-25(4)42)35(8,22-44-23(2)40)29(34)14-15-37(30,10)36(26,9)17-19-38/h12,27-31H,11,13-22H2,1-10H3,(H,39,43)/t27-,28+,29+,30+,31-,34-,35-,36+,37+,38-/m0/s1. The third kappa shape index (κ3) is 5.23. The van der Waals surface area contributed by atoms with Gasteiger partial charge in [-0.05, 0) is 104 Å². The van der Waals surface area contributed by atoms with Crippen LogP contribution in [0.15, 0.2) is 11.6 Å². The Hall–Kier alpha value is -2.38. The first-order valence-corrected chi connectivity index (χ1v) is 17.8. The molecule has 0 aliphatic heterocycles. The van der Waals surface area contributed by atoms with Crippen LogP contribution in [0.4, 0.5) is 0 Å². The number of amides is 1. The summed E-state index contributed by atoms with van der Waals surface area (Å²) in [6, 6.07) is 0. The Morgan fingerprint density at radius 2 is 1.48 bits per heavy atom. The summed E-state index contributed by atoms with van der Waals surface area (Å²) in [5, 5.41) is 3.24. The molecule has 8 heteroatoms. The Labute approximate surface area is 276 Å². The van der Waals surface area contributed by atoms with E-state index >= 15 is 0 Å². The minimum atomic E-state index is -0.746. The minimum Gasteiger partial charge on any atom is -0.465 e. The van der Waals surface area contributed by atoms with Crippen molar-refractivity contribution in [3.05, 3.63) is 11.6 Å². The summed E-state index contributed by atoms with van der Waals surface area (Å²) < 4.78 is 17.7. The highest BCUT2D eigenvalue weighted by molar-refractivity contribution is 5.84. The third-order valence-electron chi connectivity index (χ3n) is 14.3. The summed E-state index contributed by atoms with van der Waals surface area (Å²) in [6.45, 7) is 21.0. The van der Waals surface area contributed by atoms with Gasteiger partial charge in [0.15, 0.2) is 0 Å². The monoisotopic (exact) mass is 641 g/mol. The molecule has 46 heavy (non-hydrogen) atoms. The maximum Gasteiger partial charge on any atom is 0.303 e. The Morgan fingerprint density at radius 3 is 2.09 bits per heavy atom. The van der Waals surface area contributed by atoms with Crippen molar-refractivity contribution < 1.29 is 33.4 Å². The van der Waals surface area contributed by atoms with Crippen molar-refractivity contribution in [2.75, 3.05) is 13.2 Å². The molecule has 8 nitrogen and oxygen atoms in total. The maximum absolute atomic E-state index is 13.9. The first-order chi connectivity index (χ1) is 21.3. The SMILES string of the molecule is CCNC(=O)[C@]12CCC(C)(C)C[C@H]1C1=CC[C@@H]3[C@@]4(C)C[C@@H](OC(C)=O)[C@H](OC(C)=O)[C@@](C)(COC(C)=O)[C@@H]4CC[C@@]3(C)[C@]1(C)CC2. The summed E-state index contributed by atoms with van der Waals surface area (Å²) in [7, 11) is 0. The predicted molar refractivity (Wildman–Crippen MR) is 175 cm³/mol. The Balaban J connectivity index is 1.62. The van der Waals surface area contributed by atoms with Gasteiger partial charge in [-0.3, -0.25) is 19.2 Å². The normalized spacial score (nSPS) is 44.1. The van der Waals surface area contributed by atoms with Crippen LogP contribution >= 0.6 is 0 Å². The average Bonchev–Trinajstić information content (AvgIpc) is 2.94. The van der Waals surface area contributed by atoms with Gasteiger partial charge >= 0.3 is 17.9 Å². The fourth-order valence-corrected chi connectivity index (χ4v) is 12.0. The van der Waals surface area contributed by atoms with E-state index in [1.807, 2.05) is 6.92 Å². The predicted octanol–water partition coefficient (Wildman–Crippen LogP) is 6.94. The van der Waals surface area contributed by atoms with E-state index in [0.717, 1.165) is 51.4 Å². The van der Waals surface area contributed by atoms with Crippen LogP contribution in [0.5, 0.6) is 0 Å². The minimum absolute atomic E-state index is 0.0608. The molecular formula is C38H59NO7. The van der Waals surface area contributed by atoms with E-state index in [-0.39, 0.29) is 63.3 Å². The summed E-state index contributed by atoms with van der Waals surface area (Å²) in [5.41, 5.74) is 0.126. The van der Waals surface area contributed by atoms with Crippen LogP contribution in [0.2, 0.25) is 0 Å². The lowest BCUT2D eigenvalue weighted by Crippen LogP contribution is -2.69. The number of allylic oxidation sites excluding steroid dienone is 2. The van der Waals surface area contributed by atoms with Crippen molar-refractivity contribution in [2.24, 2.45) is 50.2 Å². The molecule has 4 saturated carbocycles. The zero-order valence-corrected chi connectivity index (χ0v) is 30.1. The van der Waals surface area contributed by atoms with Gasteiger partial charge in [0.1, 0.15) is 18.8 Å². The fourth-order valence-electron chi connectivity index (χ4n) is 12.0. The van der Waals surface area contributed by atoms with E-state index in [1.165, 1.54) is 26.3 Å². The number of carbonyl (C=O) groups excluding carboxylic acids is 4. The van der Waals surface area contributed by atoms with Crippen molar-refractivity contribution in [1.29, 1.82) is 0 Å². The van der Waals surface area contributed by atoms with E-state index in [4.69, 9.17) is 14.2 Å². The summed E-state index contributed by atoms with van der Waals surface area (Å²) in [4.78, 5) is 51.0. The highest BCUT2D eigenvalue weighted by Gasteiger charge is 2.71. The molecule has 0 heterocycles. The lowest BCUT2D eigenvalue weighted by Gasteiger charge is -2.71. The lowest BCUT2D eigenvalue weighted by molar-refractivity contribution is -0.255. The van der Waals surface area contributed by atoms with Gasteiger partial charge in [0.25, 0.3) is 0 Å². The molecule has 0 aromatic rings. The van der Waals surface area contributed by atoms with Gasteiger partial charge in [-0.1, -0.05) is 53.2 Å². The van der Waals surface area contributed by atoms with Crippen LogP contribution in [-0.2, 0) is 33.4 Å². The second-order valence-electron chi connectivity index (χ2n) is 17.4. The van der Waals surface area contributed by atoms with Gasteiger partial charge in [-0.2, -0.15) is 0 Å². The number of hydrogen-bond acceptors (Lipinski definition) is 7. The highest BCUT2D eigenvalue weighted by Crippen LogP contribution is 2.76. The molecule has 0 aromatic carbocycles. The van der Waals surface area contributed by atoms with Crippen molar-refractivity contribution in [3.8, 4) is 0 Å². The molecule has 0 saturated heterocycles. The number of fused-ring (bicyclic) bond motifs is 7. The van der Waals surface area contributed by atoms with Crippen molar-refractivity contribution >= 4 is 23.8 Å². The van der Waals surface area contributed by atoms with E-state index in [1.54, 1.807) is 0 Å². The number of ether oxygens (including phenoxy) is 3. The molecule has 5 rings (SSSR count). The van der Waals surface area contributed by atoms with Crippen LogP contribution in [0, 0.1) is 50.2 Å². The van der Waals surface area contributed by atoms with Gasteiger partial charge in [0, 0.05) is 32.7 Å². The second kappa shape index (κ2) is 11.6. The molecule has 0 spiro atoms. The zero-order valence-electron chi connectivity index (χ0n) is 30.1. The van der Waals surface area contributed by atoms with E-state index in [2.05, 4.69) is 52.9 Å². The molecule has 0 bridgehead atoms. The molecule has 1 N–H and O–H groups in total. The van der Waals surface area contributed by atoms with Crippen molar-refractivity contribution in [1.82, 2.24) is 5.32 Å². The van der Waals surface area contributed by atoms with Crippen molar-refractivity contribution in [2.45, 2.75) is 139 Å². The summed E-state index contributed by atoms with van der Waals surface area (Å²) >= 11 is 0. The Morgan fingerprint density at radius 1 is 0.826 bits per heavy atom. The number of rotatable bonds is 6. The summed E-state index contributed by atoms with van der Waals surface area (Å²) in [5.74, 6) is -0.461. The van der Waals surface area contributed by atoms with Crippen molar-refractivity contribution in [3.63, 3.8) is 0 Å². The van der Waals surface area contributed by atoms with Crippen LogP contribution < -0.4 is 5.32 Å². The Bertz CT molecular complexity index is 1310.